The number of hydrogen-bond donors (Lipinski definition) is 0. The van der Waals surface area contributed by atoms with Gasteiger partial charge in [0.1, 0.15) is 0 Å². The van der Waals surface area contributed by atoms with Crippen LogP contribution in [0.1, 0.15) is 27.7 Å². The van der Waals surface area contributed by atoms with Crippen LogP contribution in [0, 0.1) is 5.92 Å². The average molecular weight is 171 g/mol. The lowest BCUT2D eigenvalue weighted by Crippen LogP contribution is -2.47. The van der Waals surface area contributed by atoms with Crippen LogP contribution in [0.5, 0.6) is 0 Å². The maximum Gasteiger partial charge on any atom is 0.0725 e. The van der Waals surface area contributed by atoms with Crippen LogP contribution in [-0.4, -0.2) is 36.7 Å². The molecule has 2 heteroatoms. The molecule has 0 bridgehead atoms. The van der Waals surface area contributed by atoms with Crippen molar-refractivity contribution < 1.29 is 4.74 Å². The molecule has 1 aliphatic rings. The summed E-state index contributed by atoms with van der Waals surface area (Å²) in [6.45, 7) is 12.1. The van der Waals surface area contributed by atoms with Crippen molar-refractivity contribution in [3.05, 3.63) is 0 Å². The monoisotopic (exact) mass is 171 g/mol. The average Bonchev–Trinajstić information content (AvgIpc) is 2.04. The molecular weight excluding hydrogens is 150 g/mol. The maximum absolute atomic E-state index is 5.68. The van der Waals surface area contributed by atoms with Gasteiger partial charge < -0.3 is 4.74 Å². The van der Waals surface area contributed by atoms with Gasteiger partial charge in [0.2, 0.25) is 0 Å². The van der Waals surface area contributed by atoms with Crippen LogP contribution in [0.15, 0.2) is 0 Å². The normalized spacial score (nSPS) is 27.0. The zero-order valence-electron chi connectivity index (χ0n) is 8.71. The van der Waals surface area contributed by atoms with Gasteiger partial charge in [0.25, 0.3) is 0 Å². The largest absolute Gasteiger partial charge is 0.375 e. The lowest BCUT2D eigenvalue weighted by Gasteiger charge is -2.37. The van der Waals surface area contributed by atoms with Crippen molar-refractivity contribution >= 4 is 0 Å². The molecule has 0 spiro atoms. The summed E-state index contributed by atoms with van der Waals surface area (Å²) in [5, 5.41) is 0. The molecule has 0 amide bonds. The first-order chi connectivity index (χ1) is 5.61. The van der Waals surface area contributed by atoms with E-state index in [1.54, 1.807) is 0 Å². The number of nitrogens with zero attached hydrogens (tertiary/aromatic N) is 1. The molecule has 1 unspecified atom stereocenters. The van der Waals surface area contributed by atoms with Crippen molar-refractivity contribution in [1.82, 2.24) is 4.90 Å². The third-order valence-corrected chi connectivity index (χ3v) is 2.60. The summed E-state index contributed by atoms with van der Waals surface area (Å²) in [6, 6.07) is 0.662. The topological polar surface area (TPSA) is 12.5 Å². The van der Waals surface area contributed by atoms with Crippen LogP contribution < -0.4 is 0 Å². The van der Waals surface area contributed by atoms with Gasteiger partial charge in [-0.05, 0) is 19.8 Å². The molecule has 0 N–H and O–H groups in total. The van der Waals surface area contributed by atoms with E-state index in [1.807, 2.05) is 0 Å². The first-order valence-electron chi connectivity index (χ1n) is 4.97. The van der Waals surface area contributed by atoms with Gasteiger partial charge in [0.05, 0.1) is 12.7 Å². The molecule has 1 atom stereocenters. The lowest BCUT2D eigenvalue weighted by molar-refractivity contribution is -0.0591. The Hall–Kier alpha value is -0.0800. The highest BCUT2D eigenvalue weighted by Crippen LogP contribution is 2.14. The Morgan fingerprint density at radius 1 is 1.25 bits per heavy atom. The van der Waals surface area contributed by atoms with Crippen LogP contribution >= 0.6 is 0 Å². The molecule has 72 valence electrons. The molecule has 1 heterocycles. The van der Waals surface area contributed by atoms with E-state index in [0.717, 1.165) is 19.7 Å². The molecule has 1 rings (SSSR count). The summed E-state index contributed by atoms with van der Waals surface area (Å²) in [5.74, 6) is 0.645. The third kappa shape index (κ3) is 2.46. The Balaban J connectivity index is 2.40. The number of ether oxygens (including phenoxy) is 1. The molecule has 12 heavy (non-hydrogen) atoms. The Labute approximate surface area is 75.9 Å². The van der Waals surface area contributed by atoms with Crippen LogP contribution in [0.4, 0.5) is 0 Å². The van der Waals surface area contributed by atoms with Gasteiger partial charge in [-0.1, -0.05) is 13.8 Å². The fourth-order valence-electron chi connectivity index (χ4n) is 1.57. The fourth-order valence-corrected chi connectivity index (χ4v) is 1.57. The number of morpholine rings is 1. The van der Waals surface area contributed by atoms with Gasteiger partial charge in [-0.25, -0.2) is 0 Å². The van der Waals surface area contributed by atoms with Gasteiger partial charge in [-0.15, -0.1) is 0 Å². The molecule has 1 aliphatic heterocycles. The molecule has 2 nitrogen and oxygen atoms in total. The molecule has 0 aromatic carbocycles. The predicted molar refractivity (Wildman–Crippen MR) is 51.3 cm³/mol. The van der Waals surface area contributed by atoms with Crippen LogP contribution in [0.2, 0.25) is 0 Å². The second kappa shape index (κ2) is 4.24. The summed E-state index contributed by atoms with van der Waals surface area (Å²) in [5.41, 5.74) is 0. The van der Waals surface area contributed by atoms with Gasteiger partial charge >= 0.3 is 0 Å². The molecule has 0 aliphatic carbocycles. The zero-order chi connectivity index (χ0) is 9.14. The lowest BCUT2D eigenvalue weighted by atomic mass is 10.1. The van der Waals surface area contributed by atoms with Crippen molar-refractivity contribution in [2.24, 2.45) is 5.92 Å². The molecule has 0 aromatic heterocycles. The van der Waals surface area contributed by atoms with Gasteiger partial charge in [0.15, 0.2) is 0 Å². The Bertz CT molecular complexity index is 120. The maximum atomic E-state index is 5.68. The van der Waals surface area contributed by atoms with E-state index in [9.17, 15) is 0 Å². The molecule has 1 saturated heterocycles. The summed E-state index contributed by atoms with van der Waals surface area (Å²) in [6.07, 6.45) is 0.446. The highest BCUT2D eigenvalue weighted by Gasteiger charge is 2.23. The van der Waals surface area contributed by atoms with Gasteiger partial charge in [0, 0.05) is 19.1 Å². The minimum atomic E-state index is 0.446. The molecule has 1 fully saturated rings. The molecule has 0 radical (unpaired) electrons. The Kier molecular flexibility index (Phi) is 3.53. The second-order valence-electron chi connectivity index (χ2n) is 4.24. The van der Waals surface area contributed by atoms with E-state index in [2.05, 4.69) is 32.6 Å². The van der Waals surface area contributed by atoms with E-state index < -0.39 is 0 Å². The number of hydrogen-bond acceptors (Lipinski definition) is 2. The summed E-state index contributed by atoms with van der Waals surface area (Å²) in [7, 11) is 0. The van der Waals surface area contributed by atoms with Gasteiger partial charge in [-0.3, -0.25) is 4.90 Å². The van der Waals surface area contributed by atoms with Crippen LogP contribution in [0.3, 0.4) is 0 Å². The smallest absolute Gasteiger partial charge is 0.0725 e. The minimum absolute atomic E-state index is 0.446. The van der Waals surface area contributed by atoms with E-state index in [4.69, 9.17) is 4.74 Å². The zero-order valence-corrected chi connectivity index (χ0v) is 8.71. The Morgan fingerprint density at radius 3 is 2.42 bits per heavy atom. The van der Waals surface area contributed by atoms with Crippen molar-refractivity contribution in [2.75, 3.05) is 19.7 Å². The molecular formula is C10H21NO. The highest BCUT2D eigenvalue weighted by molar-refractivity contribution is 4.75. The van der Waals surface area contributed by atoms with Crippen molar-refractivity contribution in [3.63, 3.8) is 0 Å². The molecule has 0 aromatic rings. The number of rotatable bonds is 2. The predicted octanol–water partition coefficient (Wildman–Crippen LogP) is 1.75. The first kappa shape index (κ1) is 10.0. The Morgan fingerprint density at radius 2 is 1.92 bits per heavy atom. The van der Waals surface area contributed by atoms with Crippen LogP contribution in [0.25, 0.3) is 0 Å². The SMILES string of the molecule is CC(C)C1CN(C(C)C)CCO1. The highest BCUT2D eigenvalue weighted by atomic mass is 16.5. The van der Waals surface area contributed by atoms with E-state index >= 15 is 0 Å². The third-order valence-electron chi connectivity index (χ3n) is 2.60. The quantitative estimate of drug-likeness (QED) is 0.627. The van der Waals surface area contributed by atoms with Crippen LogP contribution in [-0.2, 0) is 4.74 Å². The van der Waals surface area contributed by atoms with Crippen molar-refractivity contribution in [2.45, 2.75) is 39.8 Å². The summed E-state index contributed by atoms with van der Waals surface area (Å²) < 4.78 is 5.68. The van der Waals surface area contributed by atoms with E-state index in [-0.39, 0.29) is 0 Å². The van der Waals surface area contributed by atoms with Gasteiger partial charge in [-0.2, -0.15) is 0 Å². The molecule has 0 saturated carbocycles. The summed E-state index contributed by atoms with van der Waals surface area (Å²) in [4.78, 5) is 2.49. The first-order valence-corrected chi connectivity index (χ1v) is 4.97. The van der Waals surface area contributed by atoms with Crippen molar-refractivity contribution in [3.8, 4) is 0 Å². The van der Waals surface area contributed by atoms with Crippen molar-refractivity contribution in [1.29, 1.82) is 0 Å². The second-order valence-corrected chi connectivity index (χ2v) is 4.24. The summed E-state index contributed by atoms with van der Waals surface area (Å²) >= 11 is 0. The minimum Gasteiger partial charge on any atom is -0.375 e. The van der Waals surface area contributed by atoms with E-state index in [1.165, 1.54) is 0 Å². The standard InChI is InChI=1S/C10H21NO/c1-8(2)10-7-11(9(3)4)5-6-12-10/h8-10H,5-7H2,1-4H3. The fraction of sp³-hybridized carbons (Fsp3) is 1.00. The van der Waals surface area contributed by atoms with E-state index in [0.29, 0.717) is 18.1 Å².